The van der Waals surface area contributed by atoms with Crippen LogP contribution in [0.4, 0.5) is 24.7 Å². The highest BCUT2D eigenvalue weighted by Gasteiger charge is 2.46. The molecule has 1 spiro atoms. The van der Waals surface area contributed by atoms with Crippen molar-refractivity contribution in [3.63, 3.8) is 0 Å². The van der Waals surface area contributed by atoms with Crippen molar-refractivity contribution in [3.05, 3.63) is 107 Å². The molecule has 2 amide bonds. The van der Waals surface area contributed by atoms with Gasteiger partial charge in [-0.05, 0) is 71.6 Å². The highest BCUT2D eigenvalue weighted by atomic mass is 19.2. The van der Waals surface area contributed by atoms with Crippen LogP contribution in [0.1, 0.15) is 60.2 Å². The molecular formula is C40H42F3N7O5. The van der Waals surface area contributed by atoms with Gasteiger partial charge in [-0.2, -0.15) is 0 Å². The average Bonchev–Trinajstić information content (AvgIpc) is 3.83. The van der Waals surface area contributed by atoms with Crippen LogP contribution in [0.2, 0.25) is 0 Å². The Hall–Kier alpha value is -5.28. The van der Waals surface area contributed by atoms with E-state index < -0.39 is 17.7 Å². The van der Waals surface area contributed by atoms with E-state index in [0.29, 0.717) is 87.8 Å². The van der Waals surface area contributed by atoms with Crippen LogP contribution in [0.15, 0.2) is 71.6 Å². The third-order valence-electron chi connectivity index (χ3n) is 11.3. The highest BCUT2D eigenvalue weighted by molar-refractivity contribution is 6.06. The number of nitrogens with one attached hydrogen (secondary N) is 1. The van der Waals surface area contributed by atoms with Crippen molar-refractivity contribution in [2.75, 3.05) is 68.9 Å². The molecule has 2 saturated heterocycles. The summed E-state index contributed by atoms with van der Waals surface area (Å²) in [6.45, 7) is 9.43. The maximum atomic E-state index is 14.8. The van der Waals surface area contributed by atoms with E-state index in [2.05, 4.69) is 31.9 Å². The normalized spacial score (nSPS) is 19.7. The lowest BCUT2D eigenvalue weighted by molar-refractivity contribution is -0.122. The second kappa shape index (κ2) is 15.5. The van der Waals surface area contributed by atoms with Crippen molar-refractivity contribution < 1.29 is 36.7 Å². The number of benzene rings is 2. The van der Waals surface area contributed by atoms with Crippen LogP contribution >= 0.6 is 0 Å². The molecule has 12 nitrogen and oxygen atoms in total. The maximum Gasteiger partial charge on any atom is 0.255 e. The summed E-state index contributed by atoms with van der Waals surface area (Å²) in [6, 6.07) is 9.51. The highest BCUT2D eigenvalue weighted by Crippen LogP contribution is 2.53. The SMILES string of the molecule is C=C(CN1CCOCC1)C(=O)N1CCOc2cc(N3CCC4(CC3)C[C@@H](CC(=O)N[C@H](Cc3ccc(F)c(F)c3)c3nnco3)c3ccc(F)cc34)ncc21. The Morgan fingerprint density at radius 2 is 1.80 bits per heavy atom. The van der Waals surface area contributed by atoms with Crippen LogP contribution in [-0.4, -0.2) is 91.0 Å². The topological polar surface area (TPSA) is 126 Å². The van der Waals surface area contributed by atoms with Gasteiger partial charge in [0.1, 0.15) is 35.7 Å². The second-order valence-electron chi connectivity index (χ2n) is 14.8. The van der Waals surface area contributed by atoms with E-state index in [1.165, 1.54) is 12.1 Å². The fraction of sp³-hybridized carbons (Fsp3) is 0.425. The zero-order valence-corrected chi connectivity index (χ0v) is 30.3. The zero-order chi connectivity index (χ0) is 38.1. The summed E-state index contributed by atoms with van der Waals surface area (Å²) in [4.78, 5) is 37.9. The van der Waals surface area contributed by atoms with E-state index in [-0.39, 0.29) is 47.7 Å². The first-order valence-corrected chi connectivity index (χ1v) is 18.6. The standard InChI is InChI=1S/C40H42F3N7O5/c1-25(23-48-10-13-53-14-11-48)39(52)50-12-15-54-35-20-36(44-22-34(35)50)49-8-6-40(7-9-49)21-27(29-4-3-28(41)19-30(29)40)18-37(51)46-33(38-47-45-24-55-38)17-26-2-5-31(42)32(43)16-26/h2-5,16,19-20,22,24,27,33H,1,6-15,17-18,21,23H2,(H,46,51)/t27-,33-/m1/s1. The zero-order valence-electron chi connectivity index (χ0n) is 30.3. The number of morpholine rings is 1. The number of fused-ring (bicyclic) bond motifs is 3. The van der Waals surface area contributed by atoms with Crippen molar-refractivity contribution in [2.45, 2.75) is 49.5 Å². The molecule has 15 heteroatoms. The number of nitrogens with zero attached hydrogens (tertiary/aromatic N) is 6. The number of amides is 2. The second-order valence-corrected chi connectivity index (χ2v) is 14.8. The van der Waals surface area contributed by atoms with Gasteiger partial charge in [-0.15, -0.1) is 10.2 Å². The van der Waals surface area contributed by atoms with Crippen molar-refractivity contribution in [1.82, 2.24) is 25.4 Å². The third-order valence-corrected chi connectivity index (χ3v) is 11.3. The Bertz CT molecular complexity index is 2070. The van der Waals surface area contributed by atoms with Gasteiger partial charge in [0.25, 0.3) is 5.91 Å². The van der Waals surface area contributed by atoms with Gasteiger partial charge in [-0.1, -0.05) is 18.7 Å². The van der Waals surface area contributed by atoms with Crippen LogP contribution in [0.5, 0.6) is 5.75 Å². The molecule has 288 valence electrons. The van der Waals surface area contributed by atoms with Crippen LogP contribution in [0.25, 0.3) is 0 Å². The van der Waals surface area contributed by atoms with E-state index in [1.54, 1.807) is 23.2 Å². The molecule has 2 aromatic carbocycles. The number of aromatic nitrogens is 3. The van der Waals surface area contributed by atoms with Crippen LogP contribution in [0.3, 0.4) is 0 Å². The van der Waals surface area contributed by atoms with E-state index in [9.17, 15) is 22.8 Å². The number of rotatable bonds is 10. The number of carbonyl (C=O) groups excluding carboxylic acids is 2. The monoisotopic (exact) mass is 757 g/mol. The minimum atomic E-state index is -0.990. The predicted octanol–water partition coefficient (Wildman–Crippen LogP) is 5.01. The molecule has 2 aromatic heterocycles. The lowest BCUT2D eigenvalue weighted by atomic mass is 9.73. The maximum absolute atomic E-state index is 14.8. The first-order valence-electron chi connectivity index (χ1n) is 18.6. The summed E-state index contributed by atoms with van der Waals surface area (Å²) in [6.07, 6.45) is 5.17. The fourth-order valence-electron chi connectivity index (χ4n) is 8.54. The Labute approximate surface area is 316 Å². The van der Waals surface area contributed by atoms with Gasteiger partial charge < -0.3 is 29.0 Å². The molecule has 0 bridgehead atoms. The number of carbonyl (C=O) groups is 2. The Morgan fingerprint density at radius 3 is 2.56 bits per heavy atom. The average molecular weight is 758 g/mol. The van der Waals surface area contributed by atoms with Crippen molar-refractivity contribution in [3.8, 4) is 5.75 Å². The van der Waals surface area contributed by atoms with Crippen molar-refractivity contribution in [2.24, 2.45) is 0 Å². The predicted molar refractivity (Wildman–Crippen MR) is 195 cm³/mol. The van der Waals surface area contributed by atoms with Gasteiger partial charge in [0.05, 0.1) is 26.0 Å². The van der Waals surface area contributed by atoms with Gasteiger partial charge in [0, 0.05) is 57.2 Å². The van der Waals surface area contributed by atoms with Gasteiger partial charge in [-0.25, -0.2) is 18.2 Å². The van der Waals surface area contributed by atoms with Crippen LogP contribution < -0.4 is 19.9 Å². The molecule has 8 rings (SSSR count). The molecule has 0 unspecified atom stereocenters. The molecular weight excluding hydrogens is 715 g/mol. The largest absolute Gasteiger partial charge is 0.489 e. The number of hydrogen-bond donors (Lipinski definition) is 1. The number of halogens is 3. The summed E-state index contributed by atoms with van der Waals surface area (Å²) in [5.41, 5.74) is 3.10. The Morgan fingerprint density at radius 1 is 0.982 bits per heavy atom. The number of ether oxygens (including phenoxy) is 2. The smallest absolute Gasteiger partial charge is 0.255 e. The quantitative estimate of drug-likeness (QED) is 0.221. The first kappa shape index (κ1) is 36.7. The van der Waals surface area contributed by atoms with Crippen LogP contribution in [-0.2, 0) is 26.2 Å². The number of hydrogen-bond acceptors (Lipinski definition) is 10. The van der Waals surface area contributed by atoms with Crippen LogP contribution in [0, 0.1) is 17.5 Å². The summed E-state index contributed by atoms with van der Waals surface area (Å²) >= 11 is 0. The summed E-state index contributed by atoms with van der Waals surface area (Å²) in [5, 5.41) is 10.7. The first-order chi connectivity index (χ1) is 26.7. The summed E-state index contributed by atoms with van der Waals surface area (Å²) in [7, 11) is 0. The van der Waals surface area contributed by atoms with Gasteiger partial charge in [0.2, 0.25) is 18.2 Å². The van der Waals surface area contributed by atoms with Gasteiger partial charge >= 0.3 is 0 Å². The Balaban J connectivity index is 0.934. The molecule has 4 aromatic rings. The van der Waals surface area contributed by atoms with Crippen molar-refractivity contribution >= 4 is 23.3 Å². The van der Waals surface area contributed by atoms with E-state index in [4.69, 9.17) is 18.9 Å². The minimum Gasteiger partial charge on any atom is -0.489 e. The molecule has 3 aliphatic heterocycles. The molecule has 1 N–H and O–H groups in total. The molecule has 4 aliphatic rings. The van der Waals surface area contributed by atoms with Gasteiger partial charge in [-0.3, -0.25) is 14.5 Å². The third kappa shape index (κ3) is 7.67. The summed E-state index contributed by atoms with van der Waals surface area (Å²) < 4.78 is 59.2. The van der Waals surface area contributed by atoms with E-state index >= 15 is 0 Å². The van der Waals surface area contributed by atoms with Crippen molar-refractivity contribution in [1.29, 1.82) is 0 Å². The van der Waals surface area contributed by atoms with E-state index in [0.717, 1.165) is 48.6 Å². The summed E-state index contributed by atoms with van der Waals surface area (Å²) in [5.74, 6) is -1.41. The lowest BCUT2D eigenvalue weighted by Gasteiger charge is -2.41. The van der Waals surface area contributed by atoms with Gasteiger partial charge in [0.15, 0.2) is 11.6 Å². The number of pyridine rings is 1. The van der Waals surface area contributed by atoms with E-state index in [1.807, 2.05) is 6.07 Å². The number of piperidine rings is 1. The molecule has 55 heavy (non-hydrogen) atoms. The Kier molecular flexibility index (Phi) is 10.3. The lowest BCUT2D eigenvalue weighted by Crippen LogP contribution is -2.43. The minimum absolute atomic E-state index is 0.109. The molecule has 2 atom stereocenters. The fourth-order valence-corrected chi connectivity index (χ4v) is 8.54. The molecule has 2 fully saturated rings. The molecule has 0 radical (unpaired) electrons. The number of anilines is 2. The molecule has 5 heterocycles. The molecule has 0 saturated carbocycles. The molecule has 1 aliphatic carbocycles.